The van der Waals surface area contributed by atoms with E-state index in [0.29, 0.717) is 6.42 Å². The first-order valence-electron chi connectivity index (χ1n) is 8.82. The molecule has 2 unspecified atom stereocenters. The molecular formula is C18H29NO4S. The summed E-state index contributed by atoms with van der Waals surface area (Å²) in [5, 5.41) is 10.5. The minimum Gasteiger partial charge on any atom is -0.264 e. The second-order valence-corrected chi connectivity index (χ2v) is 8.77. The topological polar surface area (TPSA) is 77.3 Å². The van der Waals surface area contributed by atoms with E-state index in [2.05, 4.69) is 6.92 Å². The molecule has 136 valence electrons. The minimum atomic E-state index is -3.51. The molecule has 0 heterocycles. The van der Waals surface area contributed by atoms with Crippen molar-refractivity contribution in [2.45, 2.75) is 81.4 Å². The Morgan fingerprint density at radius 2 is 1.62 bits per heavy atom. The lowest BCUT2D eigenvalue weighted by Gasteiger charge is -2.16. The molecule has 5 nitrogen and oxygen atoms in total. The van der Waals surface area contributed by atoms with Gasteiger partial charge < -0.3 is 0 Å². The number of hydrogen-bond donors (Lipinski definition) is 0. The molecule has 0 aromatic heterocycles. The summed E-state index contributed by atoms with van der Waals surface area (Å²) in [5.74, 6) is 0. The molecule has 1 rings (SSSR count). The second kappa shape index (κ2) is 10.4. The Labute approximate surface area is 145 Å². The molecule has 24 heavy (non-hydrogen) atoms. The number of hydrogen-bond acceptors (Lipinski definition) is 4. The van der Waals surface area contributed by atoms with Crippen molar-refractivity contribution in [1.29, 1.82) is 0 Å². The number of unbranched alkanes of at least 4 members (excludes halogenated alkanes) is 5. The van der Waals surface area contributed by atoms with E-state index in [-0.39, 0.29) is 16.2 Å². The van der Waals surface area contributed by atoms with Crippen LogP contribution in [0.15, 0.2) is 35.2 Å². The Bertz CT molecular complexity index is 586. The molecule has 0 N–H and O–H groups in total. The van der Waals surface area contributed by atoms with Crippen LogP contribution in [-0.2, 0) is 9.84 Å². The van der Waals surface area contributed by atoms with Gasteiger partial charge in [0.2, 0.25) is 6.04 Å². The maximum Gasteiger partial charge on any atom is 0.214 e. The van der Waals surface area contributed by atoms with Gasteiger partial charge in [0, 0.05) is 17.8 Å². The summed E-state index contributed by atoms with van der Waals surface area (Å²) < 4.78 is 25.0. The third kappa shape index (κ3) is 6.59. The molecule has 0 aliphatic carbocycles. The average molecular weight is 356 g/mol. The highest BCUT2D eigenvalue weighted by Gasteiger charge is 2.30. The van der Waals surface area contributed by atoms with E-state index in [0.717, 1.165) is 19.3 Å². The van der Waals surface area contributed by atoms with Crippen molar-refractivity contribution in [3.63, 3.8) is 0 Å². The normalized spacial score (nSPS) is 14.2. The molecule has 0 aliphatic heterocycles. The van der Waals surface area contributed by atoms with Crippen LogP contribution in [0.4, 0.5) is 0 Å². The number of sulfone groups is 1. The van der Waals surface area contributed by atoms with Crippen LogP contribution in [0.1, 0.15) is 65.2 Å². The Balaban J connectivity index is 2.56. The summed E-state index contributed by atoms with van der Waals surface area (Å²) in [4.78, 5) is 11.2. The zero-order valence-electron chi connectivity index (χ0n) is 14.7. The van der Waals surface area contributed by atoms with Crippen LogP contribution in [0.5, 0.6) is 0 Å². The maximum atomic E-state index is 12.5. The van der Waals surface area contributed by atoms with Crippen LogP contribution in [0, 0.1) is 10.1 Å². The summed E-state index contributed by atoms with van der Waals surface area (Å²) in [6.45, 7) is 3.72. The van der Waals surface area contributed by atoms with Crippen molar-refractivity contribution in [1.82, 2.24) is 0 Å². The van der Waals surface area contributed by atoms with E-state index in [4.69, 9.17) is 0 Å². The number of rotatable bonds is 12. The molecule has 0 saturated heterocycles. The van der Waals surface area contributed by atoms with Crippen LogP contribution in [0.25, 0.3) is 0 Å². The number of nitro groups is 1. The summed E-state index contributed by atoms with van der Waals surface area (Å²) in [7, 11) is -3.51. The largest absolute Gasteiger partial charge is 0.264 e. The first kappa shape index (κ1) is 20.6. The van der Waals surface area contributed by atoms with E-state index in [1.54, 1.807) is 37.3 Å². The van der Waals surface area contributed by atoms with E-state index >= 15 is 0 Å². The smallest absolute Gasteiger partial charge is 0.214 e. The van der Waals surface area contributed by atoms with Gasteiger partial charge in [-0.05, 0) is 25.5 Å². The van der Waals surface area contributed by atoms with Crippen molar-refractivity contribution in [3.8, 4) is 0 Å². The molecule has 0 bridgehead atoms. The van der Waals surface area contributed by atoms with Gasteiger partial charge in [0.1, 0.15) is 0 Å². The molecule has 0 spiro atoms. The quantitative estimate of drug-likeness (QED) is 0.311. The third-order valence-corrected chi connectivity index (χ3v) is 6.58. The monoisotopic (exact) mass is 355 g/mol. The summed E-state index contributed by atoms with van der Waals surface area (Å²) in [5.41, 5.74) is 0. The lowest BCUT2D eigenvalue weighted by molar-refractivity contribution is -0.524. The van der Waals surface area contributed by atoms with Crippen molar-refractivity contribution in [2.24, 2.45) is 0 Å². The lowest BCUT2D eigenvalue weighted by atomic mass is 10.0. The lowest BCUT2D eigenvalue weighted by Crippen LogP contribution is -2.29. The molecule has 1 aromatic carbocycles. The summed E-state index contributed by atoms with van der Waals surface area (Å²) in [6, 6.07) is 7.38. The van der Waals surface area contributed by atoms with E-state index in [1.165, 1.54) is 19.3 Å². The van der Waals surface area contributed by atoms with Crippen molar-refractivity contribution >= 4 is 9.84 Å². The van der Waals surface area contributed by atoms with Crippen LogP contribution < -0.4 is 0 Å². The molecule has 0 aliphatic rings. The van der Waals surface area contributed by atoms with Crippen molar-refractivity contribution in [3.05, 3.63) is 40.4 Å². The van der Waals surface area contributed by atoms with Crippen molar-refractivity contribution < 1.29 is 13.3 Å². The fourth-order valence-electron chi connectivity index (χ4n) is 2.82. The standard InChI is InChI=1S/C18H29NO4S/c1-3-4-5-6-7-9-12-17(19(20)21)15-16(2)24(22,23)18-13-10-8-11-14-18/h8,10-11,13-14,16-17H,3-7,9,12,15H2,1-2H3. The Hall–Kier alpha value is -1.43. The predicted molar refractivity (Wildman–Crippen MR) is 96.5 cm³/mol. The van der Waals surface area contributed by atoms with Gasteiger partial charge in [0.15, 0.2) is 9.84 Å². The highest BCUT2D eigenvalue weighted by atomic mass is 32.2. The minimum absolute atomic E-state index is 0.0686. The fraction of sp³-hybridized carbons (Fsp3) is 0.667. The van der Waals surface area contributed by atoms with Gasteiger partial charge in [-0.2, -0.15) is 0 Å². The fourth-order valence-corrected chi connectivity index (χ4v) is 4.30. The molecular weight excluding hydrogens is 326 g/mol. The highest BCUT2D eigenvalue weighted by molar-refractivity contribution is 7.92. The Morgan fingerprint density at radius 3 is 2.21 bits per heavy atom. The third-order valence-electron chi connectivity index (χ3n) is 4.39. The van der Waals surface area contributed by atoms with E-state index in [1.807, 2.05) is 0 Å². The highest BCUT2D eigenvalue weighted by Crippen LogP contribution is 2.22. The molecule has 2 atom stereocenters. The van der Waals surface area contributed by atoms with E-state index < -0.39 is 21.1 Å². The van der Waals surface area contributed by atoms with Crippen LogP contribution in [0.2, 0.25) is 0 Å². The molecule has 0 amide bonds. The Kier molecular flexibility index (Phi) is 8.97. The molecule has 0 fully saturated rings. The molecule has 6 heteroatoms. The van der Waals surface area contributed by atoms with Crippen LogP contribution in [-0.4, -0.2) is 24.6 Å². The molecule has 0 radical (unpaired) electrons. The van der Waals surface area contributed by atoms with Gasteiger partial charge >= 0.3 is 0 Å². The zero-order chi connectivity index (χ0) is 18.0. The Morgan fingerprint density at radius 1 is 1.04 bits per heavy atom. The molecule has 1 aromatic rings. The average Bonchev–Trinajstić information content (AvgIpc) is 2.57. The SMILES string of the molecule is CCCCCCCCC(CC(C)S(=O)(=O)c1ccccc1)[N+](=O)[O-]. The summed E-state index contributed by atoms with van der Waals surface area (Å²) in [6.07, 6.45) is 6.91. The van der Waals surface area contributed by atoms with Crippen molar-refractivity contribution in [2.75, 3.05) is 0 Å². The zero-order valence-corrected chi connectivity index (χ0v) is 15.5. The second-order valence-electron chi connectivity index (χ2n) is 6.40. The van der Waals surface area contributed by atoms with E-state index in [9.17, 15) is 18.5 Å². The first-order chi connectivity index (χ1) is 11.4. The van der Waals surface area contributed by atoms with Gasteiger partial charge in [-0.3, -0.25) is 10.1 Å². The predicted octanol–water partition coefficient (Wildman–Crippen LogP) is 4.63. The summed E-state index contributed by atoms with van der Waals surface area (Å²) >= 11 is 0. The van der Waals surface area contributed by atoms with Gasteiger partial charge in [0.25, 0.3) is 0 Å². The van der Waals surface area contributed by atoms with Gasteiger partial charge in [-0.25, -0.2) is 8.42 Å². The van der Waals surface area contributed by atoms with Gasteiger partial charge in [-0.15, -0.1) is 0 Å². The maximum absolute atomic E-state index is 12.5. The molecule has 0 saturated carbocycles. The number of benzene rings is 1. The van der Waals surface area contributed by atoms with Gasteiger partial charge in [-0.1, -0.05) is 57.2 Å². The first-order valence-corrected chi connectivity index (χ1v) is 10.4. The number of nitrogens with zero attached hydrogens (tertiary/aromatic N) is 1. The van der Waals surface area contributed by atoms with Crippen LogP contribution >= 0.6 is 0 Å². The van der Waals surface area contributed by atoms with Crippen LogP contribution in [0.3, 0.4) is 0 Å². The van der Waals surface area contributed by atoms with Gasteiger partial charge in [0.05, 0.1) is 10.1 Å².